The fourth-order valence-electron chi connectivity index (χ4n) is 3.22. The van der Waals surface area contributed by atoms with Gasteiger partial charge in [-0.05, 0) is 18.6 Å². The van der Waals surface area contributed by atoms with Gasteiger partial charge in [0, 0.05) is 25.5 Å². The molecule has 0 amide bonds. The molecule has 0 spiro atoms. The molecule has 1 aromatic carbocycles. The van der Waals surface area contributed by atoms with Crippen molar-refractivity contribution in [2.45, 2.75) is 25.2 Å². The van der Waals surface area contributed by atoms with Crippen LogP contribution in [0.15, 0.2) is 36.7 Å². The van der Waals surface area contributed by atoms with E-state index in [4.69, 9.17) is 17.3 Å². The lowest BCUT2D eigenvalue weighted by molar-refractivity contribution is 0.243. The number of aromatic nitrogens is 4. The number of nitrogens with zero attached hydrogens (tertiary/aromatic N) is 6. The van der Waals surface area contributed by atoms with E-state index in [1.807, 2.05) is 33.7 Å². The number of rotatable bonds is 3. The fraction of sp³-hybridized carbons (Fsp3) is 0.333. The normalized spacial score (nSPS) is 20.3. The largest absolute Gasteiger partial charge is 0.340 e. The highest BCUT2D eigenvalue weighted by atomic mass is 19.1. The maximum absolute atomic E-state index is 13.8. The summed E-state index contributed by atoms with van der Waals surface area (Å²) in [6.45, 7) is 8.40. The van der Waals surface area contributed by atoms with Crippen molar-refractivity contribution < 1.29 is 4.39 Å². The lowest BCUT2D eigenvalue weighted by atomic mass is 10.1. The van der Waals surface area contributed by atoms with Gasteiger partial charge in [-0.25, -0.2) is 14.2 Å². The van der Waals surface area contributed by atoms with Crippen molar-refractivity contribution in [1.29, 1.82) is 0 Å². The number of nitrogens with two attached hydrogens (primary N) is 1. The number of imidazole rings is 1. The van der Waals surface area contributed by atoms with Gasteiger partial charge >= 0.3 is 0 Å². The Hall–Kier alpha value is -3.05. The van der Waals surface area contributed by atoms with E-state index in [1.165, 1.54) is 12.4 Å². The van der Waals surface area contributed by atoms with Crippen LogP contribution in [0.1, 0.15) is 12.2 Å². The highest BCUT2D eigenvalue weighted by Gasteiger charge is 2.29. The summed E-state index contributed by atoms with van der Waals surface area (Å²) in [5.74, 6) is 1.33. The minimum Gasteiger partial charge on any atom is -0.340 e. The van der Waals surface area contributed by atoms with Gasteiger partial charge in [-0.3, -0.25) is 9.97 Å². The Kier molecular flexibility index (Phi) is 4.22. The third-order valence-corrected chi connectivity index (χ3v) is 4.61. The molecular weight excluding hydrogens is 333 g/mol. The van der Waals surface area contributed by atoms with Crippen molar-refractivity contribution in [1.82, 2.24) is 19.5 Å². The van der Waals surface area contributed by atoms with Crippen LogP contribution in [0.5, 0.6) is 0 Å². The number of hydrogen-bond acceptors (Lipinski definition) is 5. The number of fused-ring (bicyclic) bond motifs is 1. The molecule has 26 heavy (non-hydrogen) atoms. The molecule has 2 atom stereocenters. The van der Waals surface area contributed by atoms with Gasteiger partial charge in [-0.15, -0.1) is 0 Å². The maximum atomic E-state index is 13.8. The summed E-state index contributed by atoms with van der Waals surface area (Å²) >= 11 is 0. The van der Waals surface area contributed by atoms with Crippen molar-refractivity contribution >= 4 is 22.7 Å². The number of anilines is 1. The molecule has 4 rings (SSSR count). The second-order valence-corrected chi connectivity index (χ2v) is 6.37. The van der Waals surface area contributed by atoms with E-state index >= 15 is 0 Å². The van der Waals surface area contributed by atoms with Crippen molar-refractivity contribution in [3.8, 4) is 0 Å². The van der Waals surface area contributed by atoms with E-state index in [1.54, 1.807) is 0 Å². The van der Waals surface area contributed by atoms with Crippen LogP contribution in [0.25, 0.3) is 15.9 Å². The monoisotopic (exact) mass is 351 g/mol. The number of piperidine rings is 1. The molecular formula is C18H18FN7. The van der Waals surface area contributed by atoms with Gasteiger partial charge in [0.1, 0.15) is 12.0 Å². The van der Waals surface area contributed by atoms with Crippen molar-refractivity contribution in [2.24, 2.45) is 5.73 Å². The Balaban J connectivity index is 1.73. The molecule has 0 radical (unpaired) electrons. The third kappa shape index (κ3) is 2.97. The van der Waals surface area contributed by atoms with E-state index in [9.17, 15) is 4.39 Å². The Morgan fingerprint density at radius 2 is 2.04 bits per heavy atom. The summed E-state index contributed by atoms with van der Waals surface area (Å²) in [5.41, 5.74) is 8.14. The zero-order valence-corrected chi connectivity index (χ0v) is 14.1. The first kappa shape index (κ1) is 16.4. The standard InChI is InChI=1S/C18H18FN7/c1-21-12-8-22-17(23-9-12)11-26-16-5-3-2-4-15(16)24-18(26)25-7-6-13(19)14(20)10-25/h2-5,8-9,13-14H,6-7,10-11,20H2/t13-,14-/m1/s1. The molecule has 2 aromatic heterocycles. The molecule has 3 aromatic rings. The first-order chi connectivity index (χ1) is 12.7. The number of hydrogen-bond donors (Lipinski definition) is 1. The molecule has 0 saturated carbocycles. The molecule has 1 saturated heterocycles. The van der Waals surface area contributed by atoms with Gasteiger partial charge in [-0.1, -0.05) is 12.1 Å². The van der Waals surface area contributed by atoms with Gasteiger partial charge in [0.05, 0.1) is 30.2 Å². The minimum atomic E-state index is -0.978. The summed E-state index contributed by atoms with van der Waals surface area (Å²) in [6, 6.07) is 7.30. The molecule has 0 unspecified atom stereocenters. The van der Waals surface area contributed by atoms with Crippen LogP contribution in [-0.4, -0.2) is 44.8 Å². The van der Waals surface area contributed by atoms with Crippen molar-refractivity contribution in [3.63, 3.8) is 0 Å². The number of benzene rings is 1. The quantitative estimate of drug-likeness (QED) is 0.733. The minimum absolute atomic E-state index is 0.389. The molecule has 0 aliphatic carbocycles. The molecule has 132 valence electrons. The third-order valence-electron chi connectivity index (χ3n) is 4.61. The number of halogens is 1. The number of para-hydroxylation sites is 2. The van der Waals surface area contributed by atoms with Crippen LogP contribution in [-0.2, 0) is 6.54 Å². The predicted octanol–water partition coefficient (Wildman–Crippen LogP) is 2.30. The first-order valence-corrected chi connectivity index (χ1v) is 8.44. The Morgan fingerprint density at radius 3 is 2.77 bits per heavy atom. The maximum Gasteiger partial charge on any atom is 0.222 e. The van der Waals surface area contributed by atoms with E-state index in [0.29, 0.717) is 37.6 Å². The molecule has 1 fully saturated rings. The van der Waals surface area contributed by atoms with E-state index in [0.717, 1.165) is 17.0 Å². The summed E-state index contributed by atoms with van der Waals surface area (Å²) in [7, 11) is 0. The van der Waals surface area contributed by atoms with Crippen LogP contribution in [0.3, 0.4) is 0 Å². The zero-order valence-electron chi connectivity index (χ0n) is 14.1. The molecule has 3 heterocycles. The molecule has 7 nitrogen and oxygen atoms in total. The van der Waals surface area contributed by atoms with Gasteiger partial charge in [0.2, 0.25) is 11.6 Å². The first-order valence-electron chi connectivity index (χ1n) is 8.44. The van der Waals surface area contributed by atoms with Crippen molar-refractivity contribution in [2.75, 3.05) is 18.0 Å². The molecule has 0 bridgehead atoms. The van der Waals surface area contributed by atoms with Crippen LogP contribution >= 0.6 is 0 Å². The fourth-order valence-corrected chi connectivity index (χ4v) is 3.22. The molecule has 8 heteroatoms. The summed E-state index contributed by atoms with van der Waals surface area (Å²) < 4.78 is 15.8. The lowest BCUT2D eigenvalue weighted by Gasteiger charge is -2.34. The summed E-state index contributed by atoms with van der Waals surface area (Å²) in [5, 5.41) is 0. The molecule has 1 aliphatic heterocycles. The number of alkyl halides is 1. The Labute approximate surface area is 150 Å². The van der Waals surface area contributed by atoms with Gasteiger partial charge in [0.15, 0.2) is 0 Å². The van der Waals surface area contributed by atoms with E-state index < -0.39 is 12.2 Å². The molecule has 1 aliphatic rings. The second kappa shape index (κ2) is 6.69. The SMILES string of the molecule is [C-]#[N+]c1cnc(Cn2c(N3CC[C@@H](F)[C@H](N)C3)nc3ccccc32)nc1. The summed E-state index contributed by atoms with van der Waals surface area (Å²) in [4.78, 5) is 18.6. The summed E-state index contributed by atoms with van der Waals surface area (Å²) in [6.07, 6.45) is 2.44. The second-order valence-electron chi connectivity index (χ2n) is 6.37. The van der Waals surface area contributed by atoms with E-state index in [-0.39, 0.29) is 0 Å². The Bertz CT molecular complexity index is 960. The van der Waals surface area contributed by atoms with Gasteiger partial charge in [0.25, 0.3) is 0 Å². The average molecular weight is 351 g/mol. The predicted molar refractivity (Wildman–Crippen MR) is 96.8 cm³/mol. The van der Waals surface area contributed by atoms with Crippen molar-refractivity contribution in [3.05, 3.63) is 53.9 Å². The topological polar surface area (TPSA) is 77.2 Å². The highest BCUT2D eigenvalue weighted by Crippen LogP contribution is 2.26. The zero-order chi connectivity index (χ0) is 18.1. The van der Waals surface area contributed by atoms with E-state index in [2.05, 4.69) is 14.8 Å². The van der Waals surface area contributed by atoms with Gasteiger partial charge < -0.3 is 15.2 Å². The Morgan fingerprint density at radius 1 is 1.27 bits per heavy atom. The van der Waals surface area contributed by atoms with Crippen LogP contribution in [0.4, 0.5) is 16.0 Å². The lowest BCUT2D eigenvalue weighted by Crippen LogP contribution is -2.50. The van der Waals surface area contributed by atoms with Crippen LogP contribution < -0.4 is 10.6 Å². The smallest absolute Gasteiger partial charge is 0.222 e. The molecule has 2 N–H and O–H groups in total. The average Bonchev–Trinajstić information content (AvgIpc) is 3.03. The van der Waals surface area contributed by atoms with Gasteiger partial charge in [-0.2, -0.15) is 0 Å². The van der Waals surface area contributed by atoms with Crippen LogP contribution in [0.2, 0.25) is 0 Å². The highest BCUT2D eigenvalue weighted by molar-refractivity contribution is 5.79. The van der Waals surface area contributed by atoms with Crippen LogP contribution in [0, 0.1) is 6.57 Å².